The molecule has 2 atom stereocenters. The van der Waals surface area contributed by atoms with Gasteiger partial charge in [0.05, 0.1) is 30.4 Å². The number of hydrogen-bond donors (Lipinski definition) is 2. The number of rotatable bonds is 4. The first-order valence-corrected chi connectivity index (χ1v) is 11.2. The van der Waals surface area contributed by atoms with Crippen LogP contribution in [-0.4, -0.2) is 52.8 Å². The largest absolute Gasteiger partial charge is 0.496 e. The van der Waals surface area contributed by atoms with Crippen molar-refractivity contribution < 1.29 is 14.9 Å². The summed E-state index contributed by atoms with van der Waals surface area (Å²) in [7, 11) is 1.64. The molecule has 9 nitrogen and oxygen atoms in total. The summed E-state index contributed by atoms with van der Waals surface area (Å²) in [4.78, 5) is 16.1. The minimum atomic E-state index is 0. The fraction of sp³-hybridized carbons (Fsp3) is 0.400. The van der Waals surface area contributed by atoms with Crippen LogP contribution in [-0.2, 0) is 11.3 Å². The Labute approximate surface area is 202 Å². The predicted octanol–water partition coefficient (Wildman–Crippen LogP) is 3.36. The molecule has 0 saturated carbocycles. The predicted molar refractivity (Wildman–Crippen MR) is 140 cm³/mol. The van der Waals surface area contributed by atoms with Crippen LogP contribution in [0, 0.1) is 0 Å². The van der Waals surface area contributed by atoms with E-state index in [1.54, 1.807) is 7.11 Å². The van der Waals surface area contributed by atoms with Crippen LogP contribution in [0.3, 0.4) is 0 Å². The molecule has 0 bridgehead atoms. The Balaban J connectivity index is 0.00000110. The van der Waals surface area contributed by atoms with Crippen LogP contribution >= 0.6 is 0 Å². The van der Waals surface area contributed by atoms with Gasteiger partial charge < -0.3 is 31.3 Å². The van der Waals surface area contributed by atoms with E-state index in [1.165, 1.54) is 0 Å². The van der Waals surface area contributed by atoms with Crippen molar-refractivity contribution in [3.8, 4) is 17.0 Å². The highest BCUT2D eigenvalue weighted by Crippen LogP contribution is 2.28. The van der Waals surface area contributed by atoms with Crippen LogP contribution in [0.1, 0.15) is 33.3 Å². The molecule has 6 N–H and O–H groups in total. The van der Waals surface area contributed by atoms with E-state index in [0.717, 1.165) is 28.0 Å². The van der Waals surface area contributed by atoms with Crippen LogP contribution < -0.4 is 21.1 Å². The number of anilines is 2. The second-order valence-electron chi connectivity index (χ2n) is 7.37. The molecular weight excluding hydrogens is 432 g/mol. The quantitative estimate of drug-likeness (QED) is 0.552. The van der Waals surface area contributed by atoms with Crippen molar-refractivity contribution >= 4 is 22.8 Å². The van der Waals surface area contributed by atoms with Gasteiger partial charge in [0.1, 0.15) is 11.6 Å². The summed E-state index contributed by atoms with van der Waals surface area (Å²) in [5, 5.41) is 0.736. The standard InChI is InChI=1S/C21H26N6O2.C2H6.C2H4.H2O/c1-12-10-27(11-13(2)29-12)21-25-19(23)16-5-6-17(24-20(16)26-21)14-4-7-18(28-3)15(8-14)9-22;2*1-2;/h4-8,12-13H,9-11,22H2,1-3H3,(H2,23,24,25,26);1-2H3;1-2H2;1H2/t12-,13+;;;. The molecule has 2 aromatic heterocycles. The van der Waals surface area contributed by atoms with Gasteiger partial charge in [0.2, 0.25) is 5.95 Å². The van der Waals surface area contributed by atoms with Gasteiger partial charge in [0.25, 0.3) is 0 Å². The van der Waals surface area contributed by atoms with Crippen molar-refractivity contribution in [2.24, 2.45) is 5.73 Å². The summed E-state index contributed by atoms with van der Waals surface area (Å²) in [6, 6.07) is 9.68. The fourth-order valence-electron chi connectivity index (χ4n) is 3.76. The number of pyridine rings is 1. The number of methoxy groups -OCH3 is 1. The molecule has 1 fully saturated rings. The second-order valence-corrected chi connectivity index (χ2v) is 7.37. The Morgan fingerprint density at radius 3 is 2.29 bits per heavy atom. The van der Waals surface area contributed by atoms with Gasteiger partial charge in [0.15, 0.2) is 5.65 Å². The molecule has 0 amide bonds. The Morgan fingerprint density at radius 1 is 1.06 bits per heavy atom. The lowest BCUT2D eigenvalue weighted by Crippen LogP contribution is -2.46. The van der Waals surface area contributed by atoms with Crippen LogP contribution in [0.2, 0.25) is 0 Å². The summed E-state index contributed by atoms with van der Waals surface area (Å²) in [6.45, 7) is 15.9. The average Bonchev–Trinajstić information content (AvgIpc) is 2.85. The maximum Gasteiger partial charge on any atom is 0.229 e. The molecular formula is C25H38N6O3. The van der Waals surface area contributed by atoms with Gasteiger partial charge >= 0.3 is 0 Å². The first-order valence-electron chi connectivity index (χ1n) is 11.2. The van der Waals surface area contributed by atoms with E-state index in [1.807, 2.05) is 58.0 Å². The Kier molecular flexibility index (Phi) is 11.4. The summed E-state index contributed by atoms with van der Waals surface area (Å²) in [5.41, 5.74) is 15.3. The number of hydrogen-bond acceptors (Lipinski definition) is 8. The maximum atomic E-state index is 6.22. The molecule has 3 heterocycles. The van der Waals surface area contributed by atoms with Gasteiger partial charge in [-0.3, -0.25) is 0 Å². The van der Waals surface area contributed by atoms with Gasteiger partial charge in [-0.2, -0.15) is 9.97 Å². The van der Waals surface area contributed by atoms with Crippen LogP contribution in [0.5, 0.6) is 5.75 Å². The Morgan fingerprint density at radius 2 is 1.71 bits per heavy atom. The molecule has 0 spiro atoms. The molecule has 3 aromatic rings. The molecule has 1 aromatic carbocycles. The minimum Gasteiger partial charge on any atom is -0.496 e. The van der Waals surface area contributed by atoms with Crippen LogP contribution in [0.4, 0.5) is 11.8 Å². The summed E-state index contributed by atoms with van der Waals surface area (Å²) in [5.74, 6) is 1.77. The number of morpholine rings is 1. The average molecular weight is 471 g/mol. The van der Waals surface area contributed by atoms with E-state index >= 15 is 0 Å². The third kappa shape index (κ3) is 6.40. The molecule has 0 aliphatic carbocycles. The van der Waals surface area contributed by atoms with Crippen molar-refractivity contribution in [1.29, 1.82) is 0 Å². The van der Waals surface area contributed by atoms with E-state index in [9.17, 15) is 0 Å². The molecule has 9 heteroatoms. The zero-order chi connectivity index (χ0) is 24.5. The number of nitrogen functional groups attached to an aromatic ring is 1. The third-order valence-electron chi connectivity index (χ3n) is 5.08. The van der Waals surface area contributed by atoms with Crippen molar-refractivity contribution in [2.75, 3.05) is 30.8 Å². The maximum absolute atomic E-state index is 6.22. The van der Waals surface area contributed by atoms with Crippen LogP contribution in [0.15, 0.2) is 43.5 Å². The van der Waals surface area contributed by atoms with Crippen molar-refractivity contribution in [2.45, 2.75) is 46.4 Å². The lowest BCUT2D eigenvalue weighted by atomic mass is 10.1. The number of nitrogens with zero attached hydrogens (tertiary/aromatic N) is 4. The monoisotopic (exact) mass is 470 g/mol. The van der Waals surface area contributed by atoms with E-state index < -0.39 is 0 Å². The van der Waals surface area contributed by atoms with Crippen molar-refractivity contribution in [1.82, 2.24) is 15.0 Å². The molecule has 186 valence electrons. The van der Waals surface area contributed by atoms with E-state index in [4.69, 9.17) is 30.9 Å². The number of benzene rings is 1. The zero-order valence-corrected chi connectivity index (χ0v) is 20.8. The number of fused-ring (bicyclic) bond motifs is 1. The fourth-order valence-corrected chi connectivity index (χ4v) is 3.76. The third-order valence-corrected chi connectivity index (χ3v) is 5.08. The molecule has 0 radical (unpaired) electrons. The Hall–Kier alpha value is -3.27. The Bertz CT molecular complexity index is 1050. The topological polar surface area (TPSA) is 144 Å². The molecule has 1 aliphatic heterocycles. The molecule has 1 saturated heterocycles. The van der Waals surface area contributed by atoms with Gasteiger partial charge in [-0.25, -0.2) is 4.98 Å². The summed E-state index contributed by atoms with van der Waals surface area (Å²) < 4.78 is 11.2. The van der Waals surface area contributed by atoms with Crippen molar-refractivity contribution in [3.63, 3.8) is 0 Å². The number of ether oxygens (including phenoxy) is 2. The van der Waals surface area contributed by atoms with Gasteiger partial charge in [-0.05, 0) is 44.2 Å². The van der Waals surface area contributed by atoms with Crippen molar-refractivity contribution in [3.05, 3.63) is 49.1 Å². The first kappa shape index (κ1) is 28.8. The molecule has 0 unspecified atom stereocenters. The normalized spacial score (nSPS) is 16.9. The highest BCUT2D eigenvalue weighted by atomic mass is 16.5. The molecule has 4 rings (SSSR count). The van der Waals surface area contributed by atoms with E-state index in [2.05, 4.69) is 23.0 Å². The van der Waals surface area contributed by atoms with Gasteiger partial charge in [-0.15, -0.1) is 13.2 Å². The smallest absolute Gasteiger partial charge is 0.229 e. The highest BCUT2D eigenvalue weighted by Gasteiger charge is 2.25. The molecule has 1 aliphatic rings. The summed E-state index contributed by atoms with van der Waals surface area (Å²) in [6.07, 6.45) is 0.208. The molecule has 34 heavy (non-hydrogen) atoms. The van der Waals surface area contributed by atoms with Gasteiger partial charge in [0, 0.05) is 30.8 Å². The minimum absolute atomic E-state index is 0. The number of nitrogens with two attached hydrogens (primary N) is 2. The highest BCUT2D eigenvalue weighted by molar-refractivity contribution is 5.88. The van der Waals surface area contributed by atoms with Crippen LogP contribution in [0.25, 0.3) is 22.3 Å². The lowest BCUT2D eigenvalue weighted by Gasteiger charge is -2.35. The SMILES string of the molecule is C=C.CC.COc1ccc(-c2ccc3c(N)nc(N4C[C@@H](C)O[C@@H](C)C4)nc3n2)cc1CN.O. The van der Waals surface area contributed by atoms with E-state index in [-0.39, 0.29) is 17.7 Å². The number of aromatic nitrogens is 3. The first-order chi connectivity index (χ1) is 16.0. The lowest BCUT2D eigenvalue weighted by molar-refractivity contribution is -0.00569. The van der Waals surface area contributed by atoms with Gasteiger partial charge in [-0.1, -0.05) is 13.8 Å². The summed E-state index contributed by atoms with van der Waals surface area (Å²) >= 11 is 0. The van der Waals surface area contributed by atoms with E-state index in [0.29, 0.717) is 37.0 Å². The second kappa shape index (κ2) is 13.4. The zero-order valence-electron chi connectivity index (χ0n) is 20.8.